The van der Waals surface area contributed by atoms with Crippen LogP contribution in [0.5, 0.6) is 0 Å². The van der Waals surface area contributed by atoms with E-state index < -0.39 is 0 Å². The Morgan fingerprint density at radius 2 is 1.86 bits per heavy atom. The molecule has 0 radical (unpaired) electrons. The van der Waals surface area contributed by atoms with Crippen LogP contribution in [0.25, 0.3) is 0 Å². The number of imide groups is 1. The highest BCUT2D eigenvalue weighted by Crippen LogP contribution is 2.38. The van der Waals surface area contributed by atoms with Gasteiger partial charge in [-0.3, -0.25) is 19.3 Å². The van der Waals surface area contributed by atoms with Crippen LogP contribution in [0.3, 0.4) is 0 Å². The van der Waals surface area contributed by atoms with Crippen molar-refractivity contribution in [2.24, 2.45) is 11.8 Å². The van der Waals surface area contributed by atoms with Crippen molar-refractivity contribution >= 4 is 29.1 Å². The van der Waals surface area contributed by atoms with Gasteiger partial charge in [-0.15, -0.1) is 11.3 Å². The number of hydrogen-bond donors (Lipinski definition) is 0. The molecule has 7 heteroatoms. The number of furan rings is 1. The van der Waals surface area contributed by atoms with Gasteiger partial charge in [0.2, 0.25) is 17.7 Å². The first kappa shape index (κ1) is 18.9. The van der Waals surface area contributed by atoms with Gasteiger partial charge in [-0.2, -0.15) is 0 Å². The Morgan fingerprint density at radius 1 is 1.11 bits per heavy atom. The zero-order valence-corrected chi connectivity index (χ0v) is 16.5. The Bertz CT molecular complexity index is 770. The van der Waals surface area contributed by atoms with Crippen LogP contribution in [0.1, 0.15) is 42.7 Å². The van der Waals surface area contributed by atoms with Gasteiger partial charge in [-0.1, -0.05) is 18.9 Å². The molecule has 2 aliphatic rings. The van der Waals surface area contributed by atoms with Crippen molar-refractivity contribution in [3.05, 3.63) is 46.5 Å². The molecule has 0 aromatic carbocycles. The lowest BCUT2D eigenvalue weighted by Crippen LogP contribution is -2.37. The van der Waals surface area contributed by atoms with E-state index in [0.717, 1.165) is 30.6 Å². The number of nitrogens with zero attached hydrogens (tertiary/aromatic N) is 2. The average molecular weight is 401 g/mol. The number of rotatable bonds is 7. The van der Waals surface area contributed by atoms with Gasteiger partial charge in [0.15, 0.2) is 0 Å². The second-order valence-corrected chi connectivity index (χ2v) is 8.52. The van der Waals surface area contributed by atoms with Crippen molar-refractivity contribution in [2.45, 2.75) is 45.2 Å². The molecule has 0 bridgehead atoms. The molecule has 6 nitrogen and oxygen atoms in total. The number of likely N-dealkylation sites (tertiary alicyclic amines) is 1. The third kappa shape index (κ3) is 3.90. The fourth-order valence-corrected chi connectivity index (χ4v) is 4.95. The highest BCUT2D eigenvalue weighted by Gasteiger charge is 2.47. The van der Waals surface area contributed by atoms with Crippen LogP contribution >= 0.6 is 11.3 Å². The van der Waals surface area contributed by atoms with Gasteiger partial charge in [0.25, 0.3) is 0 Å². The van der Waals surface area contributed by atoms with Crippen molar-refractivity contribution in [1.29, 1.82) is 0 Å². The van der Waals surface area contributed by atoms with Crippen LogP contribution in [0.15, 0.2) is 40.3 Å². The summed E-state index contributed by atoms with van der Waals surface area (Å²) in [6.45, 7) is 1.03. The summed E-state index contributed by atoms with van der Waals surface area (Å²) in [5.41, 5.74) is 0. The second kappa shape index (κ2) is 8.31. The Labute approximate surface area is 168 Å². The fourth-order valence-electron chi connectivity index (χ4n) is 4.23. The van der Waals surface area contributed by atoms with Crippen LogP contribution in [0.4, 0.5) is 0 Å². The smallest absolute Gasteiger partial charge is 0.233 e. The minimum absolute atomic E-state index is 0.0831. The standard InChI is InChI=1S/C21H24N2O4S/c24-19(9-10-23-20(25)17-7-1-2-8-18(17)21(23)26)22(13-15-5-3-11-27-15)14-16-6-4-12-28-16/h3-6,11-12,17-18H,1-2,7-10,13-14H2. The maximum absolute atomic E-state index is 12.9. The number of carbonyl (C=O) groups is 3. The summed E-state index contributed by atoms with van der Waals surface area (Å²) in [7, 11) is 0. The highest BCUT2D eigenvalue weighted by molar-refractivity contribution is 7.09. The SMILES string of the molecule is O=C(CCN1C(=O)C2CCCCC2C1=O)N(Cc1ccco1)Cc1cccs1. The topological polar surface area (TPSA) is 70.8 Å². The van der Waals surface area contributed by atoms with Crippen LogP contribution < -0.4 is 0 Å². The van der Waals surface area contributed by atoms with E-state index in [4.69, 9.17) is 4.42 Å². The van der Waals surface area contributed by atoms with Crippen LogP contribution in [-0.2, 0) is 27.5 Å². The van der Waals surface area contributed by atoms with Gasteiger partial charge in [0.05, 0.1) is 31.2 Å². The largest absolute Gasteiger partial charge is 0.467 e. The molecule has 0 spiro atoms. The van der Waals surface area contributed by atoms with Crippen molar-refractivity contribution in [2.75, 3.05) is 6.54 Å². The lowest BCUT2D eigenvalue weighted by molar-refractivity contribution is -0.141. The van der Waals surface area contributed by atoms with Gasteiger partial charge in [-0.25, -0.2) is 0 Å². The molecule has 28 heavy (non-hydrogen) atoms. The predicted octanol–water partition coefficient (Wildman–Crippen LogP) is 3.44. The van der Waals surface area contributed by atoms with E-state index in [9.17, 15) is 14.4 Å². The van der Waals surface area contributed by atoms with Crippen LogP contribution in [0, 0.1) is 11.8 Å². The Kier molecular flexibility index (Phi) is 5.62. The molecular weight excluding hydrogens is 376 g/mol. The maximum atomic E-state index is 12.9. The quantitative estimate of drug-likeness (QED) is 0.668. The van der Waals surface area contributed by atoms with Crippen molar-refractivity contribution in [3.8, 4) is 0 Å². The molecule has 1 aliphatic heterocycles. The number of amides is 3. The molecule has 3 amide bonds. The van der Waals surface area contributed by atoms with Gasteiger partial charge >= 0.3 is 0 Å². The molecule has 4 rings (SSSR count). The molecule has 2 unspecified atom stereocenters. The lowest BCUT2D eigenvalue weighted by atomic mass is 9.81. The summed E-state index contributed by atoms with van der Waals surface area (Å²) in [6, 6.07) is 7.59. The van der Waals surface area contributed by atoms with Gasteiger partial charge in [0.1, 0.15) is 5.76 Å². The Balaban J connectivity index is 1.41. The molecule has 3 heterocycles. The molecule has 148 valence electrons. The molecule has 1 aliphatic carbocycles. The first-order valence-corrected chi connectivity index (χ1v) is 10.7. The first-order valence-electron chi connectivity index (χ1n) is 9.81. The average Bonchev–Trinajstić information content (AvgIpc) is 3.44. The Morgan fingerprint density at radius 3 is 2.46 bits per heavy atom. The maximum Gasteiger partial charge on any atom is 0.233 e. The number of thiophene rings is 1. The third-order valence-electron chi connectivity index (χ3n) is 5.69. The van der Waals surface area contributed by atoms with E-state index >= 15 is 0 Å². The fraction of sp³-hybridized carbons (Fsp3) is 0.476. The van der Waals surface area contributed by atoms with E-state index in [1.165, 1.54) is 4.90 Å². The predicted molar refractivity (Wildman–Crippen MR) is 104 cm³/mol. The first-order chi connectivity index (χ1) is 13.6. The van der Waals surface area contributed by atoms with Gasteiger partial charge in [0, 0.05) is 17.8 Å². The zero-order chi connectivity index (χ0) is 19.5. The monoisotopic (exact) mass is 400 g/mol. The second-order valence-electron chi connectivity index (χ2n) is 7.48. The van der Waals surface area contributed by atoms with Crippen LogP contribution in [-0.4, -0.2) is 34.1 Å². The molecular formula is C21H24N2O4S. The van der Waals surface area contributed by atoms with E-state index in [2.05, 4.69) is 0 Å². The summed E-state index contributed by atoms with van der Waals surface area (Å²) < 4.78 is 5.40. The van der Waals surface area contributed by atoms with E-state index in [-0.39, 0.29) is 42.5 Å². The zero-order valence-electron chi connectivity index (χ0n) is 15.7. The minimum atomic E-state index is -0.165. The number of carbonyl (C=O) groups excluding carboxylic acids is 3. The summed E-state index contributed by atoms with van der Waals surface area (Å²) >= 11 is 1.60. The number of fused-ring (bicyclic) bond motifs is 1. The summed E-state index contributed by atoms with van der Waals surface area (Å²) in [6.07, 6.45) is 5.33. The van der Waals surface area contributed by atoms with Gasteiger partial charge < -0.3 is 9.32 Å². The van der Waals surface area contributed by atoms with E-state index in [1.807, 2.05) is 23.6 Å². The highest BCUT2D eigenvalue weighted by atomic mass is 32.1. The molecule has 1 saturated heterocycles. The summed E-state index contributed by atoms with van der Waals surface area (Å²) in [4.78, 5) is 42.3. The molecule has 2 aromatic rings. The van der Waals surface area contributed by atoms with Gasteiger partial charge in [-0.05, 0) is 36.4 Å². The summed E-state index contributed by atoms with van der Waals surface area (Å²) in [5, 5.41) is 1.98. The van der Waals surface area contributed by atoms with Crippen molar-refractivity contribution < 1.29 is 18.8 Å². The lowest BCUT2D eigenvalue weighted by Gasteiger charge is -2.22. The molecule has 1 saturated carbocycles. The van der Waals surface area contributed by atoms with Crippen molar-refractivity contribution in [3.63, 3.8) is 0 Å². The minimum Gasteiger partial charge on any atom is -0.467 e. The van der Waals surface area contributed by atoms with E-state index in [0.29, 0.717) is 18.8 Å². The Hall–Kier alpha value is -2.41. The third-order valence-corrected chi connectivity index (χ3v) is 6.55. The van der Waals surface area contributed by atoms with Crippen molar-refractivity contribution in [1.82, 2.24) is 9.80 Å². The molecule has 0 N–H and O–H groups in total. The number of hydrogen-bond acceptors (Lipinski definition) is 5. The molecule has 2 fully saturated rings. The molecule has 2 aromatic heterocycles. The molecule has 2 atom stereocenters. The van der Waals surface area contributed by atoms with E-state index in [1.54, 1.807) is 28.6 Å². The normalized spacial score (nSPS) is 21.8. The summed E-state index contributed by atoms with van der Waals surface area (Å²) in [5.74, 6) is 0.129. The van der Waals surface area contributed by atoms with Crippen LogP contribution in [0.2, 0.25) is 0 Å².